The highest BCUT2D eigenvalue weighted by Gasteiger charge is 2.22. The number of aliphatic hydroxyl groups is 1. The van der Waals surface area contributed by atoms with Crippen molar-refractivity contribution in [3.05, 3.63) is 95.7 Å². The molecule has 8 nitrogen and oxygen atoms in total. The molecule has 1 unspecified atom stereocenters. The predicted octanol–water partition coefficient (Wildman–Crippen LogP) is 5.01. The Balaban J connectivity index is 1.72. The fourth-order valence-electron chi connectivity index (χ4n) is 4.37. The monoisotopic (exact) mass is 528 g/mol. The van der Waals surface area contributed by atoms with Gasteiger partial charge in [-0.05, 0) is 46.8 Å². The summed E-state index contributed by atoms with van der Waals surface area (Å²) in [4.78, 5) is 31.0. The standard InChI is InChI=1S/C31H32N2O6/c1-37-25-12-8-21(9-13-25)19-33(20-22-10-14-26(38-2)15-11-22)29-16-23-6-4-5-7-27(23)31(32-29)28(35)17-24(34)18-30(36)39-3/h4-16,28,35H,17-20H2,1-3H3. The third-order valence-electron chi connectivity index (χ3n) is 6.45. The number of esters is 1. The first-order valence-corrected chi connectivity index (χ1v) is 12.6. The molecule has 0 fully saturated rings. The van der Waals surface area contributed by atoms with Gasteiger partial charge < -0.3 is 24.2 Å². The largest absolute Gasteiger partial charge is 0.497 e. The van der Waals surface area contributed by atoms with Crippen LogP contribution >= 0.6 is 0 Å². The molecule has 4 rings (SSSR count). The number of ether oxygens (including phenoxy) is 3. The fraction of sp³-hybridized carbons (Fsp3) is 0.258. The van der Waals surface area contributed by atoms with E-state index in [1.807, 2.05) is 78.9 Å². The maximum Gasteiger partial charge on any atom is 0.313 e. The molecule has 0 saturated heterocycles. The number of ketones is 1. The van der Waals surface area contributed by atoms with E-state index in [4.69, 9.17) is 14.5 Å². The normalized spacial score (nSPS) is 11.6. The van der Waals surface area contributed by atoms with Gasteiger partial charge in [-0.25, -0.2) is 4.98 Å². The molecule has 0 radical (unpaired) electrons. The van der Waals surface area contributed by atoms with Gasteiger partial charge in [-0.1, -0.05) is 48.5 Å². The second-order valence-electron chi connectivity index (χ2n) is 9.15. The van der Waals surface area contributed by atoms with Crippen molar-refractivity contribution in [1.29, 1.82) is 0 Å². The van der Waals surface area contributed by atoms with Gasteiger partial charge in [0.25, 0.3) is 0 Å². The summed E-state index contributed by atoms with van der Waals surface area (Å²) in [6, 6.07) is 25.2. The lowest BCUT2D eigenvalue weighted by molar-refractivity contribution is -0.143. The molecule has 0 aliphatic carbocycles. The van der Waals surface area contributed by atoms with Gasteiger partial charge >= 0.3 is 5.97 Å². The fourth-order valence-corrected chi connectivity index (χ4v) is 4.37. The SMILES string of the molecule is COC(=O)CC(=O)CC(O)c1nc(N(Cc2ccc(OC)cc2)Cc2ccc(OC)cc2)cc2ccccc12. The zero-order valence-corrected chi connectivity index (χ0v) is 22.3. The lowest BCUT2D eigenvalue weighted by atomic mass is 10.0. The minimum Gasteiger partial charge on any atom is -0.497 e. The van der Waals surface area contributed by atoms with Gasteiger partial charge in [-0.15, -0.1) is 0 Å². The van der Waals surface area contributed by atoms with Crippen LogP contribution in [0.15, 0.2) is 78.9 Å². The predicted molar refractivity (Wildman–Crippen MR) is 149 cm³/mol. The molecule has 4 aromatic rings. The van der Waals surface area contributed by atoms with Gasteiger partial charge in [0.15, 0.2) is 0 Å². The summed E-state index contributed by atoms with van der Waals surface area (Å²) in [7, 11) is 4.49. The molecular weight excluding hydrogens is 496 g/mol. The number of pyridine rings is 1. The Labute approximate surface area is 227 Å². The van der Waals surface area contributed by atoms with Crippen LogP contribution < -0.4 is 14.4 Å². The van der Waals surface area contributed by atoms with E-state index >= 15 is 0 Å². The number of aliphatic hydroxyl groups excluding tert-OH is 1. The Morgan fingerprint density at radius 1 is 0.846 bits per heavy atom. The number of anilines is 1. The molecule has 8 heteroatoms. The average molecular weight is 529 g/mol. The molecule has 1 N–H and O–H groups in total. The Bertz CT molecular complexity index is 1370. The van der Waals surface area contributed by atoms with E-state index in [0.717, 1.165) is 33.4 Å². The van der Waals surface area contributed by atoms with Crippen molar-refractivity contribution in [2.45, 2.75) is 32.0 Å². The quantitative estimate of drug-likeness (QED) is 0.202. The molecule has 0 aliphatic heterocycles. The number of rotatable bonds is 12. The molecule has 0 amide bonds. The van der Waals surface area contributed by atoms with Crippen LogP contribution in [-0.2, 0) is 27.4 Å². The summed E-state index contributed by atoms with van der Waals surface area (Å²) in [5, 5.41) is 12.7. The van der Waals surface area contributed by atoms with E-state index < -0.39 is 24.3 Å². The zero-order valence-electron chi connectivity index (χ0n) is 22.3. The topological polar surface area (TPSA) is 98.2 Å². The molecule has 1 heterocycles. The molecule has 1 atom stereocenters. The smallest absolute Gasteiger partial charge is 0.313 e. The molecular formula is C31H32N2O6. The highest BCUT2D eigenvalue weighted by Crippen LogP contribution is 2.31. The minimum atomic E-state index is -1.18. The maximum absolute atomic E-state index is 12.4. The zero-order chi connectivity index (χ0) is 27.8. The van der Waals surface area contributed by atoms with Crippen LogP contribution in [-0.4, -0.2) is 43.2 Å². The summed E-state index contributed by atoms with van der Waals surface area (Å²) in [6.45, 7) is 1.08. The number of aromatic nitrogens is 1. The van der Waals surface area contributed by atoms with E-state index in [0.29, 0.717) is 24.6 Å². The molecule has 202 valence electrons. The van der Waals surface area contributed by atoms with Gasteiger partial charge in [0.2, 0.25) is 0 Å². The van der Waals surface area contributed by atoms with E-state index in [2.05, 4.69) is 9.64 Å². The number of Topliss-reactive ketones (excluding diaryl/α,β-unsaturated/α-hetero) is 1. The first-order valence-electron chi connectivity index (χ1n) is 12.6. The third-order valence-corrected chi connectivity index (χ3v) is 6.45. The highest BCUT2D eigenvalue weighted by molar-refractivity contribution is 5.96. The molecule has 0 aliphatic rings. The van der Waals surface area contributed by atoms with Gasteiger partial charge in [-0.3, -0.25) is 9.59 Å². The van der Waals surface area contributed by atoms with Gasteiger partial charge in [0.05, 0.1) is 27.0 Å². The Hall–Kier alpha value is -4.43. The maximum atomic E-state index is 12.4. The van der Waals surface area contributed by atoms with Crippen molar-refractivity contribution in [3.8, 4) is 11.5 Å². The van der Waals surface area contributed by atoms with Crippen LogP contribution in [0.5, 0.6) is 11.5 Å². The van der Waals surface area contributed by atoms with Crippen LogP contribution in [0.2, 0.25) is 0 Å². The number of hydrogen-bond acceptors (Lipinski definition) is 8. The first-order chi connectivity index (χ1) is 18.9. The molecule has 0 spiro atoms. The molecule has 0 bridgehead atoms. The summed E-state index contributed by atoms with van der Waals surface area (Å²) in [5.41, 5.74) is 2.49. The summed E-state index contributed by atoms with van der Waals surface area (Å²) in [5.74, 6) is 1.13. The van der Waals surface area contributed by atoms with Crippen LogP contribution in [0.4, 0.5) is 5.82 Å². The van der Waals surface area contributed by atoms with E-state index in [-0.39, 0.29) is 6.42 Å². The number of benzene rings is 3. The lowest BCUT2D eigenvalue weighted by Crippen LogP contribution is -2.24. The van der Waals surface area contributed by atoms with Crippen molar-refractivity contribution >= 4 is 28.3 Å². The van der Waals surface area contributed by atoms with E-state index in [1.165, 1.54) is 7.11 Å². The third kappa shape index (κ3) is 7.12. The van der Waals surface area contributed by atoms with Crippen molar-refractivity contribution in [2.24, 2.45) is 0 Å². The Kier molecular flexibility index (Phi) is 9.12. The van der Waals surface area contributed by atoms with E-state index in [9.17, 15) is 14.7 Å². The van der Waals surface area contributed by atoms with Gasteiger partial charge in [0, 0.05) is 24.9 Å². The summed E-state index contributed by atoms with van der Waals surface area (Å²) >= 11 is 0. The summed E-state index contributed by atoms with van der Waals surface area (Å²) in [6.07, 6.45) is -1.82. The van der Waals surface area contributed by atoms with Crippen LogP contribution in [0.25, 0.3) is 10.8 Å². The second kappa shape index (κ2) is 12.9. The van der Waals surface area contributed by atoms with Crippen molar-refractivity contribution in [1.82, 2.24) is 4.98 Å². The number of hydrogen-bond donors (Lipinski definition) is 1. The molecule has 1 aromatic heterocycles. The number of carbonyl (C=O) groups excluding carboxylic acids is 2. The second-order valence-corrected chi connectivity index (χ2v) is 9.15. The first kappa shape index (κ1) is 27.6. The molecule has 3 aromatic carbocycles. The number of methoxy groups -OCH3 is 3. The van der Waals surface area contributed by atoms with Crippen LogP contribution in [0, 0.1) is 0 Å². The minimum absolute atomic E-state index is 0.244. The average Bonchev–Trinajstić information content (AvgIpc) is 2.96. The van der Waals surface area contributed by atoms with Gasteiger partial charge in [0.1, 0.15) is 35.6 Å². The molecule has 39 heavy (non-hydrogen) atoms. The van der Waals surface area contributed by atoms with Crippen LogP contribution in [0.1, 0.15) is 35.8 Å². The van der Waals surface area contributed by atoms with Crippen molar-refractivity contribution in [2.75, 3.05) is 26.2 Å². The number of carbonyl (C=O) groups is 2. The lowest BCUT2D eigenvalue weighted by Gasteiger charge is -2.26. The van der Waals surface area contributed by atoms with E-state index in [1.54, 1.807) is 14.2 Å². The van der Waals surface area contributed by atoms with Crippen molar-refractivity contribution in [3.63, 3.8) is 0 Å². The highest BCUT2D eigenvalue weighted by atomic mass is 16.5. The van der Waals surface area contributed by atoms with Crippen molar-refractivity contribution < 1.29 is 28.9 Å². The molecule has 0 saturated carbocycles. The van der Waals surface area contributed by atoms with Crippen LogP contribution in [0.3, 0.4) is 0 Å². The number of fused-ring (bicyclic) bond motifs is 1. The Morgan fingerprint density at radius 2 is 1.41 bits per heavy atom. The number of nitrogens with zero attached hydrogens (tertiary/aromatic N) is 2. The Morgan fingerprint density at radius 3 is 1.95 bits per heavy atom. The van der Waals surface area contributed by atoms with Gasteiger partial charge in [-0.2, -0.15) is 0 Å². The summed E-state index contributed by atoms with van der Waals surface area (Å²) < 4.78 is 15.2.